The summed E-state index contributed by atoms with van der Waals surface area (Å²) in [5.41, 5.74) is 1.23. The van der Waals surface area contributed by atoms with Gasteiger partial charge in [-0.2, -0.15) is 0 Å². The maximum atomic E-state index is 5.99. The number of ether oxygens (including phenoxy) is 1. The van der Waals surface area contributed by atoms with Gasteiger partial charge in [-0.1, -0.05) is 25.1 Å². The average Bonchev–Trinajstić information content (AvgIpc) is 2.45. The summed E-state index contributed by atoms with van der Waals surface area (Å²) < 4.78 is 5.99. The average molecular weight is 276 g/mol. The van der Waals surface area contributed by atoms with Crippen LogP contribution in [0.5, 0.6) is 5.75 Å². The normalized spacial score (nSPS) is 23.8. The van der Waals surface area contributed by atoms with E-state index in [-0.39, 0.29) is 0 Å². The zero-order chi connectivity index (χ0) is 14.4. The van der Waals surface area contributed by atoms with Crippen molar-refractivity contribution in [2.75, 3.05) is 26.7 Å². The maximum absolute atomic E-state index is 5.99. The molecule has 0 aromatic heterocycles. The van der Waals surface area contributed by atoms with Crippen LogP contribution in [0.3, 0.4) is 0 Å². The SMILES string of the molecule is CNCc1ccccc1OCCN1CCCC(C)C1C. The van der Waals surface area contributed by atoms with Crippen LogP contribution in [0.15, 0.2) is 24.3 Å². The summed E-state index contributed by atoms with van der Waals surface area (Å²) in [6.07, 6.45) is 2.69. The molecule has 2 atom stereocenters. The molecular formula is C17H28N2O. The Balaban J connectivity index is 1.83. The Morgan fingerprint density at radius 3 is 2.90 bits per heavy atom. The highest BCUT2D eigenvalue weighted by Crippen LogP contribution is 2.23. The van der Waals surface area contributed by atoms with Crippen molar-refractivity contribution in [3.05, 3.63) is 29.8 Å². The van der Waals surface area contributed by atoms with Gasteiger partial charge in [0.25, 0.3) is 0 Å². The Bertz CT molecular complexity index is 408. The Labute approximate surface area is 123 Å². The molecule has 3 nitrogen and oxygen atoms in total. The second kappa shape index (κ2) is 7.65. The largest absolute Gasteiger partial charge is 0.492 e. The van der Waals surface area contributed by atoms with E-state index in [4.69, 9.17) is 4.74 Å². The Morgan fingerprint density at radius 1 is 1.30 bits per heavy atom. The van der Waals surface area contributed by atoms with Crippen molar-refractivity contribution in [2.45, 2.75) is 39.3 Å². The second-order valence-corrected chi connectivity index (χ2v) is 5.88. The zero-order valence-corrected chi connectivity index (χ0v) is 13.1. The van der Waals surface area contributed by atoms with Gasteiger partial charge in [0.05, 0.1) is 0 Å². The third kappa shape index (κ3) is 3.97. The standard InChI is InChI=1S/C17H28N2O/c1-14-7-6-10-19(15(14)2)11-12-20-17-9-5-4-8-16(17)13-18-3/h4-5,8-9,14-15,18H,6-7,10-13H2,1-3H3. The van der Waals surface area contributed by atoms with Crippen molar-refractivity contribution >= 4 is 0 Å². The van der Waals surface area contributed by atoms with Crippen LogP contribution in [-0.2, 0) is 6.54 Å². The van der Waals surface area contributed by atoms with E-state index < -0.39 is 0 Å². The van der Waals surface area contributed by atoms with Gasteiger partial charge in [-0.3, -0.25) is 4.90 Å². The van der Waals surface area contributed by atoms with E-state index >= 15 is 0 Å². The molecule has 1 aromatic carbocycles. The predicted octanol–water partition coefficient (Wildman–Crippen LogP) is 2.91. The fourth-order valence-corrected chi connectivity index (χ4v) is 2.99. The first kappa shape index (κ1) is 15.3. The molecule has 1 aliphatic rings. The zero-order valence-electron chi connectivity index (χ0n) is 13.1. The van der Waals surface area contributed by atoms with Crippen molar-refractivity contribution in [3.8, 4) is 5.75 Å². The van der Waals surface area contributed by atoms with Gasteiger partial charge in [0, 0.05) is 24.7 Å². The van der Waals surface area contributed by atoms with E-state index in [0.29, 0.717) is 6.04 Å². The van der Waals surface area contributed by atoms with Crippen LogP contribution in [0, 0.1) is 5.92 Å². The minimum atomic E-state index is 0.680. The van der Waals surface area contributed by atoms with E-state index in [1.165, 1.54) is 24.9 Å². The highest BCUT2D eigenvalue weighted by Gasteiger charge is 2.24. The highest BCUT2D eigenvalue weighted by atomic mass is 16.5. The van der Waals surface area contributed by atoms with E-state index in [1.54, 1.807) is 0 Å². The van der Waals surface area contributed by atoms with E-state index in [9.17, 15) is 0 Å². The first-order chi connectivity index (χ1) is 9.72. The molecule has 1 heterocycles. The molecule has 0 bridgehead atoms. The van der Waals surface area contributed by atoms with Crippen molar-refractivity contribution in [3.63, 3.8) is 0 Å². The second-order valence-electron chi connectivity index (χ2n) is 5.88. The van der Waals surface area contributed by atoms with E-state index in [0.717, 1.165) is 31.4 Å². The number of piperidine rings is 1. The van der Waals surface area contributed by atoms with Crippen LogP contribution >= 0.6 is 0 Å². The first-order valence-corrected chi connectivity index (χ1v) is 7.81. The number of likely N-dealkylation sites (tertiary alicyclic amines) is 1. The number of hydrogen-bond donors (Lipinski definition) is 1. The lowest BCUT2D eigenvalue weighted by Gasteiger charge is -2.37. The maximum Gasteiger partial charge on any atom is 0.123 e. The van der Waals surface area contributed by atoms with Crippen LogP contribution in [0.25, 0.3) is 0 Å². The van der Waals surface area contributed by atoms with Crippen LogP contribution in [0.2, 0.25) is 0 Å². The van der Waals surface area contributed by atoms with Gasteiger partial charge < -0.3 is 10.1 Å². The summed E-state index contributed by atoms with van der Waals surface area (Å²) in [6, 6.07) is 8.97. The highest BCUT2D eigenvalue weighted by molar-refractivity contribution is 5.33. The molecule has 1 fully saturated rings. The van der Waals surface area contributed by atoms with Crippen molar-refractivity contribution in [1.82, 2.24) is 10.2 Å². The predicted molar refractivity (Wildman–Crippen MR) is 84.1 cm³/mol. The van der Waals surface area contributed by atoms with Gasteiger partial charge in [0.2, 0.25) is 0 Å². The van der Waals surface area contributed by atoms with Crippen molar-refractivity contribution in [2.24, 2.45) is 5.92 Å². The van der Waals surface area contributed by atoms with Crippen LogP contribution in [-0.4, -0.2) is 37.7 Å². The van der Waals surface area contributed by atoms with Crippen LogP contribution in [0.1, 0.15) is 32.3 Å². The fraction of sp³-hybridized carbons (Fsp3) is 0.647. The topological polar surface area (TPSA) is 24.5 Å². The molecule has 2 unspecified atom stereocenters. The molecule has 0 amide bonds. The van der Waals surface area contributed by atoms with Gasteiger partial charge >= 0.3 is 0 Å². The summed E-state index contributed by atoms with van der Waals surface area (Å²) in [4.78, 5) is 2.56. The van der Waals surface area contributed by atoms with Gasteiger partial charge in [-0.05, 0) is 45.3 Å². The molecule has 20 heavy (non-hydrogen) atoms. The lowest BCUT2D eigenvalue weighted by atomic mass is 9.92. The quantitative estimate of drug-likeness (QED) is 0.864. The molecule has 112 valence electrons. The molecule has 0 radical (unpaired) electrons. The number of benzene rings is 1. The molecule has 1 N–H and O–H groups in total. The van der Waals surface area contributed by atoms with Crippen LogP contribution in [0.4, 0.5) is 0 Å². The van der Waals surface area contributed by atoms with Crippen LogP contribution < -0.4 is 10.1 Å². The molecule has 0 spiro atoms. The third-order valence-corrected chi connectivity index (χ3v) is 4.48. The molecule has 2 rings (SSSR count). The van der Waals surface area contributed by atoms with E-state index in [2.05, 4.69) is 42.3 Å². The lowest BCUT2D eigenvalue weighted by molar-refractivity contribution is 0.0956. The first-order valence-electron chi connectivity index (χ1n) is 7.81. The van der Waals surface area contributed by atoms with Gasteiger partial charge in [-0.25, -0.2) is 0 Å². The number of hydrogen-bond acceptors (Lipinski definition) is 3. The van der Waals surface area contributed by atoms with Gasteiger partial charge in [0.1, 0.15) is 12.4 Å². The number of rotatable bonds is 6. The monoisotopic (exact) mass is 276 g/mol. The molecule has 0 saturated carbocycles. The number of nitrogens with zero attached hydrogens (tertiary/aromatic N) is 1. The van der Waals surface area contributed by atoms with Crippen molar-refractivity contribution < 1.29 is 4.74 Å². The molecule has 3 heteroatoms. The Morgan fingerprint density at radius 2 is 2.10 bits per heavy atom. The van der Waals surface area contributed by atoms with Gasteiger partial charge in [0.15, 0.2) is 0 Å². The Hall–Kier alpha value is -1.06. The Kier molecular flexibility index (Phi) is 5.86. The summed E-state index contributed by atoms with van der Waals surface area (Å²) in [5.74, 6) is 1.82. The minimum absolute atomic E-state index is 0.680. The molecule has 1 saturated heterocycles. The summed E-state index contributed by atoms with van der Waals surface area (Å²) in [7, 11) is 1.97. The molecule has 0 aliphatic carbocycles. The summed E-state index contributed by atoms with van der Waals surface area (Å²) in [6.45, 7) is 8.58. The number of nitrogens with one attached hydrogen (secondary N) is 1. The van der Waals surface area contributed by atoms with E-state index in [1.807, 2.05) is 13.1 Å². The summed E-state index contributed by atoms with van der Waals surface area (Å²) in [5, 5.41) is 3.19. The fourth-order valence-electron chi connectivity index (χ4n) is 2.99. The van der Waals surface area contributed by atoms with Gasteiger partial charge in [-0.15, -0.1) is 0 Å². The smallest absolute Gasteiger partial charge is 0.123 e. The minimum Gasteiger partial charge on any atom is -0.492 e. The van der Waals surface area contributed by atoms with Crippen molar-refractivity contribution in [1.29, 1.82) is 0 Å². The number of para-hydroxylation sites is 1. The summed E-state index contributed by atoms with van der Waals surface area (Å²) >= 11 is 0. The lowest BCUT2D eigenvalue weighted by Crippen LogP contribution is -2.44. The molecule has 1 aromatic rings. The third-order valence-electron chi connectivity index (χ3n) is 4.48. The molecule has 1 aliphatic heterocycles. The molecular weight excluding hydrogens is 248 g/mol.